The van der Waals surface area contributed by atoms with Crippen LogP contribution in [-0.2, 0) is 0 Å². The molecule has 0 unspecified atom stereocenters. The van der Waals surface area contributed by atoms with Crippen LogP contribution >= 0.6 is 0 Å². The molecule has 5 heteroatoms. The second-order valence-corrected chi connectivity index (χ2v) is 5.60. The normalized spacial score (nSPS) is 10.7. The van der Waals surface area contributed by atoms with Gasteiger partial charge < -0.3 is 9.88 Å². The van der Waals surface area contributed by atoms with E-state index in [0.717, 1.165) is 11.0 Å². The summed E-state index contributed by atoms with van der Waals surface area (Å²) in [6, 6.07) is 14.6. The van der Waals surface area contributed by atoms with Crippen LogP contribution in [0.4, 0.5) is 5.69 Å². The van der Waals surface area contributed by atoms with E-state index in [1.54, 1.807) is 30.6 Å². The van der Waals surface area contributed by atoms with E-state index in [2.05, 4.69) is 28.7 Å². The van der Waals surface area contributed by atoms with E-state index in [4.69, 9.17) is 5.26 Å². The summed E-state index contributed by atoms with van der Waals surface area (Å²) in [6.07, 6.45) is 1.80. The Morgan fingerprint density at radius 1 is 1.26 bits per heavy atom. The molecule has 0 spiro atoms. The van der Waals surface area contributed by atoms with Gasteiger partial charge in [-0.2, -0.15) is 5.26 Å². The number of carbonyl (C=O) groups excluding carboxylic acids is 1. The van der Waals surface area contributed by atoms with Crippen LogP contribution < -0.4 is 5.32 Å². The molecule has 114 valence electrons. The van der Waals surface area contributed by atoms with Crippen LogP contribution in [0.15, 0.2) is 48.8 Å². The summed E-state index contributed by atoms with van der Waals surface area (Å²) in [5.74, 6) is -0.246. The van der Waals surface area contributed by atoms with E-state index in [-0.39, 0.29) is 5.91 Å². The number of amides is 1. The Hall–Kier alpha value is -3.13. The van der Waals surface area contributed by atoms with Gasteiger partial charge >= 0.3 is 0 Å². The Bertz CT molecular complexity index is 918. The average Bonchev–Trinajstić information content (AvgIpc) is 2.98. The summed E-state index contributed by atoms with van der Waals surface area (Å²) in [5, 5.41) is 11.7. The minimum atomic E-state index is -0.246. The molecule has 0 fully saturated rings. The van der Waals surface area contributed by atoms with E-state index in [9.17, 15) is 4.79 Å². The summed E-state index contributed by atoms with van der Waals surface area (Å²) in [7, 11) is 0. The number of imidazole rings is 1. The van der Waals surface area contributed by atoms with Gasteiger partial charge in [0.2, 0.25) is 0 Å². The number of aromatic nitrogens is 2. The van der Waals surface area contributed by atoms with E-state index >= 15 is 0 Å². The number of hydrogen-bond donors (Lipinski definition) is 1. The Morgan fingerprint density at radius 3 is 2.83 bits per heavy atom. The maximum absolute atomic E-state index is 12.3. The molecule has 0 radical (unpaired) electrons. The first-order valence-corrected chi connectivity index (χ1v) is 7.36. The first-order valence-electron chi connectivity index (χ1n) is 7.36. The molecule has 5 nitrogen and oxygen atoms in total. The lowest BCUT2D eigenvalue weighted by atomic mass is 10.1. The second-order valence-electron chi connectivity index (χ2n) is 5.60. The molecule has 2 aromatic carbocycles. The summed E-state index contributed by atoms with van der Waals surface area (Å²) >= 11 is 0. The number of nitriles is 1. The van der Waals surface area contributed by atoms with Crippen LogP contribution in [0, 0.1) is 11.3 Å². The van der Waals surface area contributed by atoms with Gasteiger partial charge in [-0.25, -0.2) is 4.98 Å². The van der Waals surface area contributed by atoms with Gasteiger partial charge in [0.05, 0.1) is 29.0 Å². The zero-order valence-corrected chi connectivity index (χ0v) is 12.9. The molecule has 0 aliphatic heterocycles. The number of nitrogens with one attached hydrogen (secondary N) is 1. The lowest BCUT2D eigenvalue weighted by Crippen LogP contribution is -2.12. The average molecular weight is 304 g/mol. The lowest BCUT2D eigenvalue weighted by Gasteiger charge is -2.09. The van der Waals surface area contributed by atoms with Crippen molar-refractivity contribution >= 4 is 22.6 Å². The Morgan fingerprint density at radius 2 is 2.09 bits per heavy atom. The number of fused-ring (bicyclic) bond motifs is 1. The van der Waals surface area contributed by atoms with Crippen molar-refractivity contribution in [2.45, 2.75) is 19.9 Å². The zero-order chi connectivity index (χ0) is 16.4. The molecule has 0 aliphatic rings. The zero-order valence-electron chi connectivity index (χ0n) is 12.9. The first-order chi connectivity index (χ1) is 11.1. The highest BCUT2D eigenvalue weighted by Crippen LogP contribution is 2.21. The molecule has 1 heterocycles. The van der Waals surface area contributed by atoms with Gasteiger partial charge in [-0.15, -0.1) is 0 Å². The van der Waals surface area contributed by atoms with Gasteiger partial charge in [0.15, 0.2) is 0 Å². The summed E-state index contributed by atoms with van der Waals surface area (Å²) in [6.45, 7) is 4.19. The van der Waals surface area contributed by atoms with E-state index in [0.29, 0.717) is 22.9 Å². The van der Waals surface area contributed by atoms with Crippen LogP contribution in [0.3, 0.4) is 0 Å². The second kappa shape index (κ2) is 5.93. The number of benzene rings is 2. The highest BCUT2D eigenvalue weighted by molar-refractivity contribution is 6.05. The van der Waals surface area contributed by atoms with Gasteiger partial charge in [0, 0.05) is 17.3 Å². The number of hydrogen-bond acceptors (Lipinski definition) is 3. The Kier molecular flexibility index (Phi) is 3.82. The summed E-state index contributed by atoms with van der Waals surface area (Å²) in [4.78, 5) is 16.7. The van der Waals surface area contributed by atoms with Crippen LogP contribution in [0.25, 0.3) is 11.0 Å². The van der Waals surface area contributed by atoms with Crippen LogP contribution in [0.2, 0.25) is 0 Å². The molecule has 0 saturated heterocycles. The SMILES string of the molecule is CC(C)n1cnc2cc(NC(=O)c3cccc(C#N)c3)ccc21. The molecule has 3 aromatic rings. The quantitative estimate of drug-likeness (QED) is 0.801. The first kappa shape index (κ1) is 14.8. The minimum Gasteiger partial charge on any atom is -0.328 e. The van der Waals surface area contributed by atoms with Crippen LogP contribution in [-0.4, -0.2) is 15.5 Å². The molecular weight excluding hydrogens is 288 g/mol. The smallest absolute Gasteiger partial charge is 0.255 e. The Labute approximate surface area is 134 Å². The number of anilines is 1. The molecule has 0 bridgehead atoms. The van der Waals surface area contributed by atoms with Crippen molar-refractivity contribution in [3.05, 3.63) is 59.9 Å². The molecule has 0 atom stereocenters. The molecule has 1 amide bonds. The standard InChI is InChI=1S/C18H16N4O/c1-12(2)22-11-20-16-9-15(6-7-17(16)22)21-18(23)14-5-3-4-13(8-14)10-19/h3-9,11-12H,1-2H3,(H,21,23). The van der Waals surface area contributed by atoms with Crippen LogP contribution in [0.5, 0.6) is 0 Å². The highest BCUT2D eigenvalue weighted by atomic mass is 16.1. The van der Waals surface area contributed by atoms with Crippen molar-refractivity contribution in [2.24, 2.45) is 0 Å². The third-order valence-corrected chi connectivity index (χ3v) is 3.64. The van der Waals surface area contributed by atoms with Gasteiger partial charge in [0.1, 0.15) is 0 Å². The maximum Gasteiger partial charge on any atom is 0.255 e. The van der Waals surface area contributed by atoms with Crippen LogP contribution in [0.1, 0.15) is 35.8 Å². The molecule has 1 aromatic heterocycles. The maximum atomic E-state index is 12.3. The summed E-state index contributed by atoms with van der Waals surface area (Å²) < 4.78 is 2.08. The Balaban J connectivity index is 1.86. The molecule has 0 saturated carbocycles. The van der Waals surface area contributed by atoms with Crippen molar-refractivity contribution in [3.8, 4) is 6.07 Å². The lowest BCUT2D eigenvalue weighted by molar-refractivity contribution is 0.102. The van der Waals surface area contributed by atoms with Gasteiger partial charge in [0.25, 0.3) is 5.91 Å². The molecule has 1 N–H and O–H groups in total. The predicted octanol–water partition coefficient (Wildman–Crippen LogP) is 3.74. The largest absolute Gasteiger partial charge is 0.328 e. The summed E-state index contributed by atoms with van der Waals surface area (Å²) in [5.41, 5.74) is 3.46. The fraction of sp³-hybridized carbons (Fsp3) is 0.167. The van der Waals surface area contributed by atoms with E-state index < -0.39 is 0 Å². The van der Waals surface area contributed by atoms with Crippen molar-refractivity contribution in [1.29, 1.82) is 5.26 Å². The molecule has 0 aliphatic carbocycles. The number of carbonyl (C=O) groups is 1. The van der Waals surface area contributed by atoms with Gasteiger partial charge in [-0.05, 0) is 50.2 Å². The van der Waals surface area contributed by atoms with Crippen molar-refractivity contribution in [3.63, 3.8) is 0 Å². The fourth-order valence-corrected chi connectivity index (χ4v) is 2.45. The van der Waals surface area contributed by atoms with Crippen molar-refractivity contribution in [1.82, 2.24) is 9.55 Å². The fourth-order valence-electron chi connectivity index (χ4n) is 2.45. The number of nitrogens with zero attached hydrogens (tertiary/aromatic N) is 3. The van der Waals surface area contributed by atoms with Crippen molar-refractivity contribution in [2.75, 3.05) is 5.32 Å². The molecule has 3 rings (SSSR count). The van der Waals surface area contributed by atoms with E-state index in [1.165, 1.54) is 0 Å². The monoisotopic (exact) mass is 304 g/mol. The number of rotatable bonds is 3. The highest BCUT2D eigenvalue weighted by Gasteiger charge is 2.10. The minimum absolute atomic E-state index is 0.246. The van der Waals surface area contributed by atoms with Gasteiger partial charge in [-0.3, -0.25) is 4.79 Å². The third kappa shape index (κ3) is 2.92. The molecular formula is C18H16N4O. The van der Waals surface area contributed by atoms with Crippen molar-refractivity contribution < 1.29 is 4.79 Å². The molecule has 23 heavy (non-hydrogen) atoms. The van der Waals surface area contributed by atoms with Gasteiger partial charge in [-0.1, -0.05) is 6.07 Å². The van der Waals surface area contributed by atoms with E-state index in [1.807, 2.05) is 24.3 Å². The predicted molar refractivity (Wildman–Crippen MR) is 89.2 cm³/mol. The topological polar surface area (TPSA) is 70.7 Å². The third-order valence-electron chi connectivity index (χ3n) is 3.64.